The Labute approximate surface area is 112 Å². The number of rotatable bonds is 3. The van der Waals surface area contributed by atoms with Crippen LogP contribution in [0.3, 0.4) is 0 Å². The van der Waals surface area contributed by atoms with E-state index in [1.54, 1.807) is 23.8 Å². The van der Waals surface area contributed by atoms with Crippen molar-refractivity contribution >= 4 is 22.3 Å². The van der Waals surface area contributed by atoms with Crippen molar-refractivity contribution in [3.63, 3.8) is 0 Å². The largest absolute Gasteiger partial charge is 0.481 e. The van der Waals surface area contributed by atoms with Gasteiger partial charge in [0.25, 0.3) is 0 Å². The molecule has 3 aromatic heterocycles. The molecule has 0 aromatic carbocycles. The Kier molecular flexibility index (Phi) is 2.75. The molecule has 7 heteroatoms. The van der Waals surface area contributed by atoms with Crippen LogP contribution in [0, 0.1) is 6.92 Å². The Morgan fingerprint density at radius 1 is 1.53 bits per heavy atom. The van der Waals surface area contributed by atoms with Gasteiger partial charge < -0.3 is 5.11 Å². The van der Waals surface area contributed by atoms with Gasteiger partial charge in [-0.3, -0.25) is 9.78 Å². The van der Waals surface area contributed by atoms with Crippen molar-refractivity contribution in [3.8, 4) is 10.6 Å². The molecule has 3 aromatic rings. The Balaban J connectivity index is 2.12. The number of aliphatic carboxylic acids is 1. The predicted molar refractivity (Wildman–Crippen MR) is 70.2 cm³/mol. The molecule has 0 aliphatic rings. The maximum Gasteiger partial charge on any atom is 0.309 e. The van der Waals surface area contributed by atoms with Crippen molar-refractivity contribution in [2.45, 2.75) is 13.3 Å². The van der Waals surface area contributed by atoms with Crippen LogP contribution >= 0.6 is 11.3 Å². The second-order valence-corrected chi connectivity index (χ2v) is 5.01. The van der Waals surface area contributed by atoms with Crippen LogP contribution in [-0.2, 0) is 11.2 Å². The lowest BCUT2D eigenvalue weighted by Gasteiger charge is -1.96. The van der Waals surface area contributed by atoms with Gasteiger partial charge in [0.1, 0.15) is 5.01 Å². The standard InChI is InChI=1S/C12H10N4O2S/c1-7-9(5-10(17)18)16-12(14-7)19-11(15-16)8-3-2-4-13-6-8/h2-4,6H,5H2,1H3,(H,17,18). The number of imidazole rings is 1. The van der Waals surface area contributed by atoms with Crippen LogP contribution in [0.1, 0.15) is 11.4 Å². The van der Waals surface area contributed by atoms with Crippen molar-refractivity contribution in [2.75, 3.05) is 0 Å². The molecule has 0 saturated heterocycles. The monoisotopic (exact) mass is 274 g/mol. The lowest BCUT2D eigenvalue weighted by molar-refractivity contribution is -0.136. The van der Waals surface area contributed by atoms with Gasteiger partial charge in [-0.15, -0.1) is 0 Å². The third-order valence-electron chi connectivity index (χ3n) is 2.72. The first-order valence-corrected chi connectivity index (χ1v) is 6.44. The van der Waals surface area contributed by atoms with E-state index >= 15 is 0 Å². The van der Waals surface area contributed by atoms with Gasteiger partial charge in [-0.1, -0.05) is 11.3 Å². The summed E-state index contributed by atoms with van der Waals surface area (Å²) in [7, 11) is 0. The third kappa shape index (κ3) is 2.08. The second-order valence-electron chi connectivity index (χ2n) is 4.06. The highest BCUT2D eigenvalue weighted by atomic mass is 32.1. The molecule has 0 amide bonds. The molecule has 0 unspecified atom stereocenters. The minimum absolute atomic E-state index is 0.0801. The van der Waals surface area contributed by atoms with Gasteiger partial charge in [0.15, 0.2) is 0 Å². The summed E-state index contributed by atoms with van der Waals surface area (Å²) in [6.07, 6.45) is 3.34. The number of fused-ring (bicyclic) bond motifs is 1. The van der Waals surface area contributed by atoms with E-state index in [0.717, 1.165) is 10.6 Å². The Bertz CT molecular complexity index is 748. The topological polar surface area (TPSA) is 80.4 Å². The van der Waals surface area contributed by atoms with Crippen LogP contribution in [0.4, 0.5) is 0 Å². The van der Waals surface area contributed by atoms with Gasteiger partial charge in [-0.05, 0) is 19.1 Å². The molecule has 0 aliphatic heterocycles. The predicted octanol–water partition coefficient (Wildman–Crippen LogP) is 1.79. The summed E-state index contributed by atoms with van der Waals surface area (Å²) < 4.78 is 1.61. The fourth-order valence-corrected chi connectivity index (χ4v) is 2.80. The Morgan fingerprint density at radius 3 is 3.05 bits per heavy atom. The molecule has 96 valence electrons. The average Bonchev–Trinajstić information content (AvgIpc) is 2.90. The lowest BCUT2D eigenvalue weighted by Crippen LogP contribution is -2.05. The summed E-state index contributed by atoms with van der Waals surface area (Å²) >= 11 is 1.42. The van der Waals surface area contributed by atoms with Gasteiger partial charge in [-0.2, -0.15) is 5.10 Å². The number of pyridine rings is 1. The average molecular weight is 274 g/mol. The summed E-state index contributed by atoms with van der Waals surface area (Å²) in [6, 6.07) is 3.75. The summed E-state index contributed by atoms with van der Waals surface area (Å²) in [6.45, 7) is 1.80. The maximum absolute atomic E-state index is 10.9. The van der Waals surface area contributed by atoms with Crippen LogP contribution in [0.5, 0.6) is 0 Å². The van der Waals surface area contributed by atoms with Crippen LogP contribution in [0.25, 0.3) is 15.5 Å². The molecule has 0 aliphatic carbocycles. The highest BCUT2D eigenvalue weighted by Gasteiger charge is 2.16. The molecule has 1 N–H and O–H groups in total. The number of hydrogen-bond donors (Lipinski definition) is 1. The van der Waals surface area contributed by atoms with E-state index in [1.807, 2.05) is 12.1 Å². The Morgan fingerprint density at radius 2 is 2.37 bits per heavy atom. The molecule has 3 heterocycles. The first kappa shape index (κ1) is 11.8. The van der Waals surface area contributed by atoms with E-state index in [4.69, 9.17) is 5.11 Å². The normalized spacial score (nSPS) is 11.0. The van der Waals surface area contributed by atoms with Gasteiger partial charge in [-0.25, -0.2) is 9.50 Å². The lowest BCUT2D eigenvalue weighted by atomic mass is 10.2. The molecule has 3 rings (SSSR count). The SMILES string of the molecule is Cc1nc2sc(-c3cccnc3)nn2c1CC(=O)O. The van der Waals surface area contributed by atoms with Gasteiger partial charge in [0.05, 0.1) is 17.8 Å². The second kappa shape index (κ2) is 4.43. The van der Waals surface area contributed by atoms with E-state index < -0.39 is 5.97 Å². The number of carboxylic acids is 1. The fourth-order valence-electron chi connectivity index (χ4n) is 1.84. The number of hydrogen-bond acceptors (Lipinski definition) is 5. The first-order valence-electron chi connectivity index (χ1n) is 5.62. The molecular formula is C12H10N4O2S. The highest BCUT2D eigenvalue weighted by Crippen LogP contribution is 2.26. The van der Waals surface area contributed by atoms with Crippen LogP contribution in [0.2, 0.25) is 0 Å². The van der Waals surface area contributed by atoms with Crippen LogP contribution in [-0.4, -0.2) is 30.7 Å². The number of aromatic nitrogens is 4. The van der Waals surface area contributed by atoms with Crippen molar-refractivity contribution < 1.29 is 9.90 Å². The first-order chi connectivity index (χ1) is 9.15. The zero-order chi connectivity index (χ0) is 13.4. The van der Waals surface area contributed by atoms with Crippen LogP contribution in [0.15, 0.2) is 24.5 Å². The summed E-state index contributed by atoms with van der Waals surface area (Å²) in [5, 5.41) is 14.1. The number of carbonyl (C=O) groups is 1. The van der Waals surface area contributed by atoms with Crippen molar-refractivity contribution in [2.24, 2.45) is 0 Å². The van der Waals surface area contributed by atoms with Crippen molar-refractivity contribution in [3.05, 3.63) is 35.9 Å². The summed E-state index contributed by atoms with van der Waals surface area (Å²) in [4.78, 5) is 20.0. The fraction of sp³-hybridized carbons (Fsp3) is 0.167. The van der Waals surface area contributed by atoms with E-state index in [-0.39, 0.29) is 6.42 Å². The zero-order valence-electron chi connectivity index (χ0n) is 10.1. The minimum Gasteiger partial charge on any atom is -0.481 e. The smallest absolute Gasteiger partial charge is 0.309 e. The molecule has 6 nitrogen and oxygen atoms in total. The molecule has 19 heavy (non-hydrogen) atoms. The van der Waals surface area contributed by atoms with E-state index in [2.05, 4.69) is 15.1 Å². The molecule has 0 saturated carbocycles. The minimum atomic E-state index is -0.888. The maximum atomic E-state index is 10.9. The van der Waals surface area contributed by atoms with Gasteiger partial charge in [0, 0.05) is 18.0 Å². The number of aryl methyl sites for hydroxylation is 1. The van der Waals surface area contributed by atoms with E-state index in [1.165, 1.54) is 11.3 Å². The molecule has 0 fully saturated rings. The third-order valence-corrected chi connectivity index (χ3v) is 3.68. The van der Waals surface area contributed by atoms with Crippen molar-refractivity contribution in [1.82, 2.24) is 19.6 Å². The van der Waals surface area contributed by atoms with Gasteiger partial charge >= 0.3 is 5.97 Å². The van der Waals surface area contributed by atoms with E-state index in [0.29, 0.717) is 16.3 Å². The molecule has 0 radical (unpaired) electrons. The molecule has 0 atom stereocenters. The van der Waals surface area contributed by atoms with Crippen LogP contribution < -0.4 is 0 Å². The zero-order valence-corrected chi connectivity index (χ0v) is 10.9. The van der Waals surface area contributed by atoms with Crippen molar-refractivity contribution in [1.29, 1.82) is 0 Å². The number of nitrogens with zero attached hydrogens (tertiary/aromatic N) is 4. The molecule has 0 spiro atoms. The van der Waals surface area contributed by atoms with E-state index in [9.17, 15) is 4.79 Å². The molecule has 0 bridgehead atoms. The summed E-state index contributed by atoms with van der Waals surface area (Å²) in [5.74, 6) is -0.888. The van der Waals surface area contributed by atoms with Gasteiger partial charge in [0.2, 0.25) is 4.96 Å². The highest BCUT2D eigenvalue weighted by molar-refractivity contribution is 7.19. The quantitative estimate of drug-likeness (QED) is 0.787. The Hall–Kier alpha value is -2.28. The number of carboxylic acid groups (broad SMARTS) is 1. The summed E-state index contributed by atoms with van der Waals surface area (Å²) in [5.41, 5.74) is 2.23. The molecular weight excluding hydrogens is 264 g/mol.